The zero-order chi connectivity index (χ0) is 10.7. The summed E-state index contributed by atoms with van der Waals surface area (Å²) in [6.45, 7) is 2.56. The van der Waals surface area contributed by atoms with Crippen LogP contribution in [0.25, 0.3) is 0 Å². The van der Waals surface area contributed by atoms with Crippen LogP contribution in [-0.4, -0.2) is 36.3 Å². The minimum absolute atomic E-state index is 0.0499. The third kappa shape index (κ3) is 2.05. The number of nitriles is 1. The van der Waals surface area contributed by atoms with Crippen molar-refractivity contribution in [1.29, 1.82) is 5.26 Å². The van der Waals surface area contributed by atoms with Gasteiger partial charge in [-0.05, 0) is 6.42 Å². The highest BCUT2D eigenvalue weighted by molar-refractivity contribution is 5.82. The van der Waals surface area contributed by atoms with E-state index < -0.39 is 0 Å². The predicted octanol–water partition coefficient (Wildman–Crippen LogP) is 0.781. The van der Waals surface area contributed by atoms with Crippen LogP contribution < -0.4 is 0 Å². The summed E-state index contributed by atoms with van der Waals surface area (Å²) >= 11 is 0. The number of hydrogen-bond acceptors (Lipinski definition) is 3. The summed E-state index contributed by atoms with van der Waals surface area (Å²) in [7, 11) is 3.67. The first-order valence-electron chi connectivity index (χ1n) is 4.66. The summed E-state index contributed by atoms with van der Waals surface area (Å²) in [6.07, 6.45) is 2.52. The molecule has 4 nitrogen and oxygen atoms in total. The number of hydrogen-bond donors (Lipinski definition) is 0. The van der Waals surface area contributed by atoms with Crippen molar-refractivity contribution in [2.24, 2.45) is 5.92 Å². The number of nitrogens with zero attached hydrogens (tertiary/aromatic N) is 3. The van der Waals surface area contributed by atoms with Crippen LogP contribution in [-0.2, 0) is 4.79 Å². The standard InChI is InChI=1S/C10H15N3O/c1-8-4-5-13(10(8)14)9(6-11)7-12(2)3/h7-8H,4-5H2,1-3H3. The van der Waals surface area contributed by atoms with Crippen molar-refractivity contribution in [2.45, 2.75) is 13.3 Å². The zero-order valence-corrected chi connectivity index (χ0v) is 8.82. The molecule has 1 saturated heterocycles. The van der Waals surface area contributed by atoms with E-state index in [0.717, 1.165) is 6.42 Å². The molecule has 14 heavy (non-hydrogen) atoms. The molecule has 4 heteroatoms. The molecule has 76 valence electrons. The first-order valence-corrected chi connectivity index (χ1v) is 4.66. The van der Waals surface area contributed by atoms with Crippen LogP contribution in [0.1, 0.15) is 13.3 Å². The maximum Gasteiger partial charge on any atom is 0.230 e. The summed E-state index contributed by atoms with van der Waals surface area (Å²) in [5.41, 5.74) is 0.435. The van der Waals surface area contributed by atoms with Crippen LogP contribution in [0, 0.1) is 17.2 Å². The average Bonchev–Trinajstić information content (AvgIpc) is 2.44. The van der Waals surface area contributed by atoms with Gasteiger partial charge in [-0.3, -0.25) is 4.79 Å². The number of allylic oxidation sites excluding steroid dienone is 1. The zero-order valence-electron chi connectivity index (χ0n) is 8.82. The van der Waals surface area contributed by atoms with Crippen molar-refractivity contribution >= 4 is 5.91 Å². The topological polar surface area (TPSA) is 47.3 Å². The maximum absolute atomic E-state index is 11.6. The largest absolute Gasteiger partial charge is 0.381 e. The van der Waals surface area contributed by atoms with Crippen LogP contribution in [0.5, 0.6) is 0 Å². The van der Waals surface area contributed by atoms with Crippen LogP contribution >= 0.6 is 0 Å². The Morgan fingerprint density at radius 2 is 2.36 bits per heavy atom. The maximum atomic E-state index is 11.6. The molecule has 0 aliphatic carbocycles. The number of likely N-dealkylation sites (tertiary alicyclic amines) is 1. The second kappa shape index (κ2) is 4.14. The Morgan fingerprint density at radius 1 is 1.71 bits per heavy atom. The van der Waals surface area contributed by atoms with E-state index in [2.05, 4.69) is 6.07 Å². The predicted molar refractivity (Wildman–Crippen MR) is 52.9 cm³/mol. The van der Waals surface area contributed by atoms with Crippen molar-refractivity contribution in [3.63, 3.8) is 0 Å². The van der Waals surface area contributed by atoms with Gasteiger partial charge in [-0.25, -0.2) is 0 Å². The van der Waals surface area contributed by atoms with E-state index in [0.29, 0.717) is 12.2 Å². The molecular weight excluding hydrogens is 178 g/mol. The van der Waals surface area contributed by atoms with Crippen LogP contribution in [0.15, 0.2) is 11.9 Å². The quantitative estimate of drug-likeness (QED) is 0.609. The van der Waals surface area contributed by atoms with E-state index in [1.807, 2.05) is 21.0 Å². The first kappa shape index (κ1) is 10.6. The van der Waals surface area contributed by atoms with Gasteiger partial charge >= 0.3 is 0 Å². The molecule has 1 unspecified atom stereocenters. The van der Waals surface area contributed by atoms with E-state index >= 15 is 0 Å². The lowest BCUT2D eigenvalue weighted by Crippen LogP contribution is -2.26. The summed E-state index contributed by atoms with van der Waals surface area (Å²) in [4.78, 5) is 14.9. The Bertz CT molecular complexity index is 301. The van der Waals surface area contributed by atoms with Crippen LogP contribution in [0.2, 0.25) is 0 Å². The van der Waals surface area contributed by atoms with Gasteiger partial charge in [0.05, 0.1) is 0 Å². The van der Waals surface area contributed by atoms with E-state index in [-0.39, 0.29) is 11.8 Å². The molecule has 0 N–H and O–H groups in total. The molecule has 0 radical (unpaired) electrons. The Labute approximate surface area is 84.4 Å². The molecule has 1 amide bonds. The van der Waals surface area contributed by atoms with Gasteiger partial charge in [0, 0.05) is 32.8 Å². The van der Waals surface area contributed by atoms with Gasteiger partial charge in [0.1, 0.15) is 11.8 Å². The molecule has 0 bridgehead atoms. The van der Waals surface area contributed by atoms with Gasteiger partial charge in [-0.2, -0.15) is 5.26 Å². The lowest BCUT2D eigenvalue weighted by molar-refractivity contribution is -0.128. The minimum Gasteiger partial charge on any atom is -0.381 e. The smallest absolute Gasteiger partial charge is 0.230 e. The Balaban J connectivity index is 2.83. The van der Waals surface area contributed by atoms with Gasteiger partial charge in [-0.1, -0.05) is 6.92 Å². The molecule has 1 rings (SSSR count). The highest BCUT2D eigenvalue weighted by Gasteiger charge is 2.30. The lowest BCUT2D eigenvalue weighted by atomic mass is 10.1. The van der Waals surface area contributed by atoms with Gasteiger partial charge in [0.25, 0.3) is 0 Å². The summed E-state index contributed by atoms with van der Waals surface area (Å²) in [6, 6.07) is 2.05. The van der Waals surface area contributed by atoms with Gasteiger partial charge in [0.2, 0.25) is 5.91 Å². The second-order valence-corrected chi connectivity index (χ2v) is 3.77. The molecule has 0 saturated carbocycles. The number of carbonyl (C=O) groups excluding carboxylic acids is 1. The van der Waals surface area contributed by atoms with Crippen molar-refractivity contribution in [2.75, 3.05) is 20.6 Å². The van der Waals surface area contributed by atoms with Gasteiger partial charge in [0.15, 0.2) is 0 Å². The highest BCUT2D eigenvalue weighted by Crippen LogP contribution is 2.21. The molecule has 1 aliphatic heterocycles. The summed E-state index contributed by atoms with van der Waals surface area (Å²) < 4.78 is 0. The molecular formula is C10H15N3O. The molecule has 0 aromatic rings. The average molecular weight is 193 g/mol. The van der Waals surface area contributed by atoms with Crippen molar-refractivity contribution in [3.8, 4) is 6.07 Å². The second-order valence-electron chi connectivity index (χ2n) is 3.77. The molecule has 1 heterocycles. The van der Waals surface area contributed by atoms with Crippen molar-refractivity contribution in [1.82, 2.24) is 9.80 Å². The fourth-order valence-corrected chi connectivity index (χ4v) is 1.47. The number of rotatable bonds is 2. The van der Waals surface area contributed by atoms with E-state index in [4.69, 9.17) is 5.26 Å². The van der Waals surface area contributed by atoms with Crippen molar-refractivity contribution < 1.29 is 4.79 Å². The fourth-order valence-electron chi connectivity index (χ4n) is 1.47. The van der Waals surface area contributed by atoms with Gasteiger partial charge in [-0.15, -0.1) is 0 Å². The molecule has 1 aliphatic rings. The normalized spacial score (nSPS) is 22.4. The molecule has 1 fully saturated rings. The molecule has 0 aromatic heterocycles. The van der Waals surface area contributed by atoms with E-state index in [9.17, 15) is 4.79 Å². The number of carbonyl (C=O) groups is 1. The number of amides is 1. The van der Waals surface area contributed by atoms with Crippen molar-refractivity contribution in [3.05, 3.63) is 11.9 Å². The summed E-state index contributed by atoms with van der Waals surface area (Å²) in [5, 5.41) is 8.90. The third-order valence-corrected chi connectivity index (χ3v) is 2.26. The Morgan fingerprint density at radius 3 is 2.71 bits per heavy atom. The molecule has 0 spiro atoms. The SMILES string of the molecule is CC1CCN(C(C#N)=CN(C)C)C1=O. The van der Waals surface area contributed by atoms with E-state index in [1.165, 1.54) is 0 Å². The van der Waals surface area contributed by atoms with Crippen LogP contribution in [0.4, 0.5) is 0 Å². The fraction of sp³-hybridized carbons (Fsp3) is 0.600. The van der Waals surface area contributed by atoms with E-state index in [1.54, 1.807) is 16.0 Å². The monoisotopic (exact) mass is 193 g/mol. The first-order chi connectivity index (χ1) is 6.56. The summed E-state index contributed by atoms with van der Waals surface area (Å²) in [5.74, 6) is 0.105. The van der Waals surface area contributed by atoms with Crippen LogP contribution in [0.3, 0.4) is 0 Å². The minimum atomic E-state index is 0.0499. The Hall–Kier alpha value is -1.50. The Kier molecular flexibility index (Phi) is 3.13. The molecule has 0 aromatic carbocycles. The molecule has 1 atom stereocenters. The lowest BCUT2D eigenvalue weighted by Gasteiger charge is -2.16. The highest BCUT2D eigenvalue weighted by atomic mass is 16.2. The van der Waals surface area contributed by atoms with Gasteiger partial charge < -0.3 is 9.80 Å². The third-order valence-electron chi connectivity index (χ3n) is 2.26.